The molecule has 2 saturated heterocycles. The maximum atomic E-state index is 11.6. The van der Waals surface area contributed by atoms with Crippen LogP contribution in [0.4, 0.5) is 0 Å². The number of aliphatic hydroxyl groups is 1. The molecule has 31 heavy (non-hydrogen) atoms. The third-order valence-electron chi connectivity index (χ3n) is 7.62. The molecule has 178 valence electrons. The van der Waals surface area contributed by atoms with Crippen molar-refractivity contribution >= 4 is 48.0 Å². The molecule has 3 nitrogen and oxygen atoms in total. The third-order valence-corrected chi connectivity index (χ3v) is 8.36. The molecular formula is C24H38Cl4N2O. The molecule has 1 N–H and O–H groups in total. The highest BCUT2D eigenvalue weighted by Gasteiger charge is 2.40. The largest absolute Gasteiger partial charge is 0.389 e. The second-order valence-electron chi connectivity index (χ2n) is 9.52. The van der Waals surface area contributed by atoms with E-state index in [2.05, 4.69) is 15.9 Å². The maximum absolute atomic E-state index is 11.6. The summed E-state index contributed by atoms with van der Waals surface area (Å²) in [7, 11) is 0. The van der Waals surface area contributed by atoms with Gasteiger partial charge in [0, 0.05) is 18.5 Å². The first-order chi connectivity index (χ1) is 14.0. The molecule has 0 aromatic heterocycles. The van der Waals surface area contributed by atoms with Crippen LogP contribution < -0.4 is 0 Å². The smallest absolute Gasteiger partial charge is 0.0728 e. The molecule has 7 heteroatoms. The summed E-state index contributed by atoms with van der Waals surface area (Å²) in [4.78, 5) is 5.31. The SMILES string of the molecule is Cl.Cl.OC1(C(CN2CCC(N3CCCCC3)CC2)c2ccc(Cl)c(Cl)c2)CCCCC1. The van der Waals surface area contributed by atoms with E-state index in [4.69, 9.17) is 23.2 Å². The first-order valence-corrected chi connectivity index (χ1v) is 12.4. The lowest BCUT2D eigenvalue weighted by atomic mass is 9.72. The molecule has 1 aromatic rings. The van der Waals surface area contributed by atoms with Gasteiger partial charge in [-0.25, -0.2) is 0 Å². The van der Waals surface area contributed by atoms with Crippen molar-refractivity contribution < 1.29 is 5.11 Å². The molecule has 1 aromatic carbocycles. The fraction of sp³-hybridized carbons (Fsp3) is 0.750. The Morgan fingerprint density at radius 1 is 0.871 bits per heavy atom. The molecule has 0 bridgehead atoms. The molecule has 2 aliphatic heterocycles. The van der Waals surface area contributed by atoms with Crippen molar-refractivity contribution in [3.63, 3.8) is 0 Å². The summed E-state index contributed by atoms with van der Waals surface area (Å²) in [6, 6.07) is 6.71. The Kier molecular flexibility index (Phi) is 11.2. The Balaban J connectivity index is 0.00000171. The minimum Gasteiger partial charge on any atom is -0.389 e. The lowest BCUT2D eigenvalue weighted by Crippen LogP contribution is -2.50. The summed E-state index contributed by atoms with van der Waals surface area (Å²) in [5.41, 5.74) is 0.515. The summed E-state index contributed by atoms with van der Waals surface area (Å²) in [6.07, 6.45) is 11.9. The van der Waals surface area contributed by atoms with E-state index in [0.717, 1.165) is 56.9 Å². The van der Waals surface area contributed by atoms with Gasteiger partial charge in [-0.1, -0.05) is 55.0 Å². The average molecular weight is 512 g/mol. The van der Waals surface area contributed by atoms with Crippen LogP contribution in [0.5, 0.6) is 0 Å². The van der Waals surface area contributed by atoms with E-state index in [1.807, 2.05) is 12.1 Å². The standard InChI is InChI=1S/C24H36Cl2N2O.2ClH/c25-22-8-7-19(17-23(22)26)21(24(29)11-3-1-4-12-24)18-27-15-9-20(10-16-27)28-13-5-2-6-14-28;;/h7-8,17,20-21,29H,1-6,9-16,18H2;2*1H. The first-order valence-electron chi connectivity index (χ1n) is 11.7. The Hall–Kier alpha value is 0.260. The Morgan fingerprint density at radius 2 is 1.48 bits per heavy atom. The molecule has 3 fully saturated rings. The van der Waals surface area contributed by atoms with Crippen molar-refractivity contribution in [3.8, 4) is 0 Å². The van der Waals surface area contributed by atoms with E-state index in [-0.39, 0.29) is 30.7 Å². The van der Waals surface area contributed by atoms with Crippen LogP contribution in [0, 0.1) is 0 Å². The maximum Gasteiger partial charge on any atom is 0.0728 e. The van der Waals surface area contributed by atoms with Crippen LogP contribution in [0.2, 0.25) is 10.0 Å². The topological polar surface area (TPSA) is 26.7 Å². The summed E-state index contributed by atoms with van der Waals surface area (Å²) in [6.45, 7) is 5.76. The lowest BCUT2D eigenvalue weighted by molar-refractivity contribution is -0.0343. The summed E-state index contributed by atoms with van der Waals surface area (Å²) in [5.74, 6) is 0.101. The van der Waals surface area contributed by atoms with E-state index in [1.54, 1.807) is 0 Å². The molecule has 4 rings (SSSR count). The molecular weight excluding hydrogens is 474 g/mol. The van der Waals surface area contributed by atoms with Gasteiger partial charge in [-0.15, -0.1) is 24.8 Å². The van der Waals surface area contributed by atoms with Crippen LogP contribution in [0.3, 0.4) is 0 Å². The van der Waals surface area contributed by atoms with Crippen LogP contribution in [0.15, 0.2) is 18.2 Å². The predicted molar refractivity (Wildman–Crippen MR) is 137 cm³/mol. The zero-order valence-electron chi connectivity index (χ0n) is 18.4. The molecule has 0 radical (unpaired) electrons. The van der Waals surface area contributed by atoms with Crippen LogP contribution >= 0.6 is 48.0 Å². The van der Waals surface area contributed by atoms with Gasteiger partial charge in [0.2, 0.25) is 0 Å². The van der Waals surface area contributed by atoms with Crippen molar-refractivity contribution in [2.75, 3.05) is 32.7 Å². The van der Waals surface area contributed by atoms with Gasteiger partial charge < -0.3 is 14.9 Å². The zero-order chi connectivity index (χ0) is 20.3. The van der Waals surface area contributed by atoms with Gasteiger partial charge in [0.05, 0.1) is 15.6 Å². The third kappa shape index (κ3) is 6.88. The summed E-state index contributed by atoms with van der Waals surface area (Å²) in [5, 5.41) is 12.8. The van der Waals surface area contributed by atoms with Crippen LogP contribution in [0.1, 0.15) is 75.7 Å². The van der Waals surface area contributed by atoms with Crippen molar-refractivity contribution in [2.24, 2.45) is 0 Å². The number of rotatable bonds is 5. The van der Waals surface area contributed by atoms with Gasteiger partial charge >= 0.3 is 0 Å². The van der Waals surface area contributed by atoms with E-state index < -0.39 is 5.60 Å². The highest BCUT2D eigenvalue weighted by atomic mass is 35.5. The van der Waals surface area contributed by atoms with Crippen molar-refractivity contribution in [1.82, 2.24) is 9.80 Å². The summed E-state index contributed by atoms with van der Waals surface area (Å²) < 4.78 is 0. The second kappa shape index (κ2) is 12.6. The molecule has 1 atom stereocenters. The Labute approximate surface area is 210 Å². The average Bonchev–Trinajstić information content (AvgIpc) is 2.76. The van der Waals surface area contributed by atoms with E-state index in [0.29, 0.717) is 10.0 Å². The molecule has 2 heterocycles. The van der Waals surface area contributed by atoms with Gasteiger partial charge in [0.15, 0.2) is 0 Å². The van der Waals surface area contributed by atoms with Crippen LogP contribution in [-0.2, 0) is 0 Å². The monoisotopic (exact) mass is 510 g/mol. The molecule has 3 aliphatic rings. The lowest BCUT2D eigenvalue weighted by Gasteiger charge is -2.45. The number of nitrogens with zero attached hydrogens (tertiary/aromatic N) is 2. The quantitative estimate of drug-likeness (QED) is 0.484. The van der Waals surface area contributed by atoms with Crippen molar-refractivity contribution in [1.29, 1.82) is 0 Å². The molecule has 0 spiro atoms. The first kappa shape index (κ1) is 27.5. The fourth-order valence-electron chi connectivity index (χ4n) is 5.84. The van der Waals surface area contributed by atoms with Crippen molar-refractivity contribution in [2.45, 2.75) is 81.8 Å². The number of benzene rings is 1. The van der Waals surface area contributed by atoms with Gasteiger partial charge in [0.25, 0.3) is 0 Å². The molecule has 1 unspecified atom stereocenters. The number of hydrogen-bond acceptors (Lipinski definition) is 3. The normalized spacial score (nSPS) is 24.1. The number of likely N-dealkylation sites (tertiary alicyclic amines) is 2. The predicted octanol–water partition coefficient (Wildman–Crippen LogP) is 6.57. The Bertz CT molecular complexity index is 670. The van der Waals surface area contributed by atoms with E-state index in [9.17, 15) is 5.11 Å². The number of hydrogen-bond donors (Lipinski definition) is 1. The van der Waals surface area contributed by atoms with E-state index in [1.165, 1.54) is 51.6 Å². The fourth-order valence-corrected chi connectivity index (χ4v) is 6.14. The minimum atomic E-state index is -0.626. The van der Waals surface area contributed by atoms with Gasteiger partial charge in [-0.05, 0) is 82.4 Å². The zero-order valence-corrected chi connectivity index (χ0v) is 21.6. The van der Waals surface area contributed by atoms with E-state index >= 15 is 0 Å². The second-order valence-corrected chi connectivity index (χ2v) is 10.3. The Morgan fingerprint density at radius 3 is 2.10 bits per heavy atom. The van der Waals surface area contributed by atoms with Gasteiger partial charge in [-0.2, -0.15) is 0 Å². The molecule has 1 saturated carbocycles. The number of piperidine rings is 2. The van der Waals surface area contributed by atoms with Crippen LogP contribution in [-0.4, -0.2) is 59.3 Å². The number of halogens is 4. The highest BCUT2D eigenvalue weighted by molar-refractivity contribution is 6.42. The van der Waals surface area contributed by atoms with Gasteiger partial charge in [0.1, 0.15) is 0 Å². The summed E-state index contributed by atoms with van der Waals surface area (Å²) >= 11 is 12.5. The molecule has 1 aliphatic carbocycles. The minimum absolute atomic E-state index is 0. The highest BCUT2D eigenvalue weighted by Crippen LogP contribution is 2.42. The molecule has 0 amide bonds. The van der Waals surface area contributed by atoms with Crippen molar-refractivity contribution in [3.05, 3.63) is 33.8 Å². The van der Waals surface area contributed by atoms with Crippen LogP contribution in [0.25, 0.3) is 0 Å². The van der Waals surface area contributed by atoms with Gasteiger partial charge in [-0.3, -0.25) is 0 Å².